The van der Waals surface area contributed by atoms with E-state index in [1.165, 1.54) is 0 Å². The van der Waals surface area contributed by atoms with Crippen molar-refractivity contribution in [2.45, 2.75) is 26.3 Å². The van der Waals surface area contributed by atoms with Crippen molar-refractivity contribution in [3.8, 4) is 0 Å². The summed E-state index contributed by atoms with van der Waals surface area (Å²) in [6.07, 6.45) is 3.01. The lowest BCUT2D eigenvalue weighted by Gasteiger charge is -2.12. The first-order chi connectivity index (χ1) is 8.67. The Bertz CT molecular complexity index is 369. The van der Waals surface area contributed by atoms with Gasteiger partial charge in [0.15, 0.2) is 5.69 Å². The first-order valence-electron chi connectivity index (χ1n) is 6.04. The average Bonchev–Trinajstić information content (AvgIpc) is 2.37. The Labute approximate surface area is 112 Å². The Morgan fingerprint density at radius 2 is 2.22 bits per heavy atom. The zero-order valence-corrected chi connectivity index (χ0v) is 11.9. The number of aromatic nitrogens is 2. The summed E-state index contributed by atoms with van der Waals surface area (Å²) in [6, 6.07) is 3.60. The van der Waals surface area contributed by atoms with Gasteiger partial charge in [-0.15, -0.1) is 10.2 Å². The molecule has 18 heavy (non-hydrogen) atoms. The molecule has 0 saturated heterocycles. The standard InChI is InChI=1S/C12H20N4OS/c1-4-13-11-6-5-10(15-16-11)12(17)14-9(2)7-8-18-3/h5-6,9H,4,7-8H2,1-3H3,(H,13,16)(H,14,17). The highest BCUT2D eigenvalue weighted by molar-refractivity contribution is 7.98. The molecule has 0 aliphatic rings. The van der Waals surface area contributed by atoms with Crippen LogP contribution in [0.15, 0.2) is 12.1 Å². The van der Waals surface area contributed by atoms with Gasteiger partial charge in [-0.25, -0.2) is 0 Å². The lowest BCUT2D eigenvalue weighted by molar-refractivity contribution is 0.0933. The molecule has 5 nitrogen and oxygen atoms in total. The van der Waals surface area contributed by atoms with Gasteiger partial charge in [-0.2, -0.15) is 11.8 Å². The number of carbonyl (C=O) groups excluding carboxylic acids is 1. The van der Waals surface area contributed by atoms with Crippen molar-refractivity contribution in [1.82, 2.24) is 15.5 Å². The predicted octanol–water partition coefficient (Wildman–Crippen LogP) is 1.78. The number of thioether (sulfide) groups is 1. The molecule has 0 aliphatic carbocycles. The van der Waals surface area contributed by atoms with E-state index in [4.69, 9.17) is 0 Å². The number of rotatable bonds is 7. The Morgan fingerprint density at radius 3 is 2.78 bits per heavy atom. The molecule has 6 heteroatoms. The van der Waals surface area contributed by atoms with E-state index in [1.54, 1.807) is 23.9 Å². The number of hydrogen-bond acceptors (Lipinski definition) is 5. The molecule has 1 atom stereocenters. The SMILES string of the molecule is CCNc1ccc(C(=O)NC(C)CCSC)nn1. The monoisotopic (exact) mass is 268 g/mol. The van der Waals surface area contributed by atoms with E-state index >= 15 is 0 Å². The molecule has 1 aromatic rings. The molecule has 0 aliphatic heterocycles. The molecule has 0 saturated carbocycles. The van der Waals surface area contributed by atoms with Crippen LogP contribution >= 0.6 is 11.8 Å². The van der Waals surface area contributed by atoms with Gasteiger partial charge in [-0.3, -0.25) is 4.79 Å². The highest BCUT2D eigenvalue weighted by atomic mass is 32.2. The van der Waals surface area contributed by atoms with Crippen LogP contribution in [0.25, 0.3) is 0 Å². The van der Waals surface area contributed by atoms with Gasteiger partial charge in [0.25, 0.3) is 5.91 Å². The fourth-order valence-corrected chi connectivity index (χ4v) is 1.98. The smallest absolute Gasteiger partial charge is 0.272 e. The van der Waals surface area contributed by atoms with Gasteiger partial charge in [-0.05, 0) is 44.4 Å². The topological polar surface area (TPSA) is 66.9 Å². The van der Waals surface area contributed by atoms with Gasteiger partial charge < -0.3 is 10.6 Å². The number of carbonyl (C=O) groups is 1. The molecule has 0 aromatic carbocycles. The van der Waals surface area contributed by atoms with Crippen LogP contribution < -0.4 is 10.6 Å². The molecule has 0 fully saturated rings. The summed E-state index contributed by atoms with van der Waals surface area (Å²) in [4.78, 5) is 11.8. The fraction of sp³-hybridized carbons (Fsp3) is 0.583. The second-order valence-electron chi connectivity index (χ2n) is 3.99. The lowest BCUT2D eigenvalue weighted by atomic mass is 10.2. The van der Waals surface area contributed by atoms with E-state index in [1.807, 2.05) is 13.8 Å². The predicted molar refractivity (Wildman–Crippen MR) is 76.1 cm³/mol. The average molecular weight is 268 g/mol. The van der Waals surface area contributed by atoms with Gasteiger partial charge in [0, 0.05) is 12.6 Å². The van der Waals surface area contributed by atoms with Crippen molar-refractivity contribution in [3.63, 3.8) is 0 Å². The number of amides is 1. The minimum absolute atomic E-state index is 0.153. The normalized spacial score (nSPS) is 11.9. The third kappa shape index (κ3) is 4.91. The van der Waals surface area contributed by atoms with Gasteiger partial charge >= 0.3 is 0 Å². The highest BCUT2D eigenvalue weighted by Gasteiger charge is 2.11. The van der Waals surface area contributed by atoms with Crippen molar-refractivity contribution in [2.24, 2.45) is 0 Å². The van der Waals surface area contributed by atoms with E-state index in [2.05, 4.69) is 27.1 Å². The van der Waals surface area contributed by atoms with Crippen molar-refractivity contribution >= 4 is 23.5 Å². The summed E-state index contributed by atoms with van der Waals surface area (Å²) in [6.45, 7) is 4.76. The molecule has 0 spiro atoms. The second kappa shape index (κ2) is 7.92. The maximum atomic E-state index is 11.8. The van der Waals surface area contributed by atoms with Crippen molar-refractivity contribution in [1.29, 1.82) is 0 Å². The molecule has 100 valence electrons. The minimum Gasteiger partial charge on any atom is -0.369 e. The Morgan fingerprint density at radius 1 is 1.44 bits per heavy atom. The van der Waals surface area contributed by atoms with Crippen LogP contribution in [-0.2, 0) is 0 Å². The fourth-order valence-electron chi connectivity index (χ4n) is 1.39. The number of hydrogen-bond donors (Lipinski definition) is 2. The van der Waals surface area contributed by atoms with Crippen molar-refractivity contribution in [3.05, 3.63) is 17.8 Å². The van der Waals surface area contributed by atoms with E-state index in [0.717, 1.165) is 18.7 Å². The quantitative estimate of drug-likeness (QED) is 0.789. The van der Waals surface area contributed by atoms with Crippen LogP contribution in [0.5, 0.6) is 0 Å². The number of anilines is 1. The van der Waals surface area contributed by atoms with E-state index in [-0.39, 0.29) is 11.9 Å². The highest BCUT2D eigenvalue weighted by Crippen LogP contribution is 2.03. The summed E-state index contributed by atoms with van der Waals surface area (Å²) in [5.41, 5.74) is 0.354. The van der Waals surface area contributed by atoms with Crippen LogP contribution in [0.3, 0.4) is 0 Å². The number of nitrogens with one attached hydrogen (secondary N) is 2. The van der Waals surface area contributed by atoms with E-state index in [0.29, 0.717) is 11.5 Å². The van der Waals surface area contributed by atoms with Crippen LogP contribution in [0, 0.1) is 0 Å². The summed E-state index contributed by atoms with van der Waals surface area (Å²) in [5.74, 6) is 1.55. The Kier molecular flexibility index (Phi) is 6.49. The third-order valence-corrected chi connectivity index (χ3v) is 3.03. The van der Waals surface area contributed by atoms with Gasteiger partial charge in [0.1, 0.15) is 5.82 Å². The summed E-state index contributed by atoms with van der Waals surface area (Å²) in [7, 11) is 0. The molecular formula is C12H20N4OS. The first-order valence-corrected chi connectivity index (χ1v) is 7.44. The van der Waals surface area contributed by atoms with Gasteiger partial charge in [0.05, 0.1) is 0 Å². The largest absolute Gasteiger partial charge is 0.369 e. The molecule has 1 unspecified atom stereocenters. The molecule has 2 N–H and O–H groups in total. The Hall–Kier alpha value is -1.30. The van der Waals surface area contributed by atoms with Crippen molar-refractivity contribution < 1.29 is 4.79 Å². The maximum absolute atomic E-state index is 11.8. The van der Waals surface area contributed by atoms with Crippen LogP contribution in [0.1, 0.15) is 30.8 Å². The van der Waals surface area contributed by atoms with Gasteiger partial charge in [0.2, 0.25) is 0 Å². The summed E-state index contributed by atoms with van der Waals surface area (Å²) >= 11 is 1.77. The van der Waals surface area contributed by atoms with E-state index in [9.17, 15) is 4.79 Å². The molecule has 0 radical (unpaired) electrons. The maximum Gasteiger partial charge on any atom is 0.272 e. The lowest BCUT2D eigenvalue weighted by Crippen LogP contribution is -2.33. The first kappa shape index (κ1) is 14.8. The molecule has 1 aromatic heterocycles. The van der Waals surface area contributed by atoms with Crippen LogP contribution in [0.2, 0.25) is 0 Å². The van der Waals surface area contributed by atoms with Gasteiger partial charge in [-0.1, -0.05) is 0 Å². The zero-order chi connectivity index (χ0) is 13.4. The summed E-state index contributed by atoms with van der Waals surface area (Å²) in [5, 5.41) is 13.8. The van der Waals surface area contributed by atoms with Crippen molar-refractivity contribution in [2.75, 3.05) is 23.9 Å². The second-order valence-corrected chi connectivity index (χ2v) is 4.98. The van der Waals surface area contributed by atoms with Crippen LogP contribution in [0.4, 0.5) is 5.82 Å². The molecule has 1 amide bonds. The third-order valence-electron chi connectivity index (χ3n) is 2.39. The van der Waals surface area contributed by atoms with Crippen LogP contribution in [-0.4, -0.2) is 40.7 Å². The molecule has 1 heterocycles. The minimum atomic E-state index is -0.167. The van der Waals surface area contributed by atoms with E-state index < -0.39 is 0 Å². The number of nitrogens with zero attached hydrogens (tertiary/aromatic N) is 2. The Balaban J connectivity index is 2.50. The molecule has 0 bridgehead atoms. The molecule has 1 rings (SSSR count). The summed E-state index contributed by atoms with van der Waals surface area (Å²) < 4.78 is 0. The molecular weight excluding hydrogens is 248 g/mol. The zero-order valence-electron chi connectivity index (χ0n) is 11.1.